The fraction of sp³-hybridized carbons (Fsp3) is 1.00. The first-order valence-electron chi connectivity index (χ1n) is 11.0. The van der Waals surface area contributed by atoms with Crippen LogP contribution in [0.15, 0.2) is 0 Å². The Morgan fingerprint density at radius 2 is 1.07 bits per heavy atom. The van der Waals surface area contributed by atoms with E-state index < -0.39 is 15.4 Å². The van der Waals surface area contributed by atoms with Crippen molar-refractivity contribution in [2.45, 2.75) is 134 Å². The van der Waals surface area contributed by atoms with Gasteiger partial charge in [-0.3, -0.25) is 0 Å². The topological polar surface area (TPSA) is 77.4 Å². The van der Waals surface area contributed by atoms with E-state index in [-0.39, 0.29) is 57.5 Å². The number of hydrogen-bond acceptors (Lipinski definition) is 4. The SMILES string of the molecule is CCCCCCCCC(O)CCCCCCCCCC(CC)S(=O)(=O)[O-].[K+]. The van der Waals surface area contributed by atoms with Gasteiger partial charge in [-0.05, 0) is 25.7 Å². The van der Waals surface area contributed by atoms with E-state index in [1.807, 2.05) is 0 Å². The molecular formula is C21H43KO4S. The van der Waals surface area contributed by atoms with E-state index in [1.54, 1.807) is 6.92 Å². The van der Waals surface area contributed by atoms with Crippen LogP contribution >= 0.6 is 0 Å². The molecule has 0 aliphatic heterocycles. The monoisotopic (exact) mass is 430 g/mol. The van der Waals surface area contributed by atoms with E-state index in [0.717, 1.165) is 51.4 Å². The zero-order valence-electron chi connectivity index (χ0n) is 18.3. The Morgan fingerprint density at radius 3 is 1.44 bits per heavy atom. The Bertz CT molecular complexity index is 401. The van der Waals surface area contributed by atoms with Crippen LogP contribution in [-0.2, 0) is 10.1 Å². The maximum absolute atomic E-state index is 11.0. The van der Waals surface area contributed by atoms with Crippen molar-refractivity contribution < 1.29 is 69.5 Å². The average molecular weight is 431 g/mol. The van der Waals surface area contributed by atoms with Crippen molar-refractivity contribution in [2.24, 2.45) is 0 Å². The van der Waals surface area contributed by atoms with Crippen LogP contribution in [0.2, 0.25) is 0 Å². The minimum absolute atomic E-state index is 0. The van der Waals surface area contributed by atoms with Gasteiger partial charge in [-0.15, -0.1) is 0 Å². The van der Waals surface area contributed by atoms with Crippen LogP contribution in [0.3, 0.4) is 0 Å². The molecule has 27 heavy (non-hydrogen) atoms. The van der Waals surface area contributed by atoms with E-state index in [2.05, 4.69) is 6.92 Å². The van der Waals surface area contributed by atoms with Crippen LogP contribution in [0.5, 0.6) is 0 Å². The molecule has 0 rings (SSSR count). The molecule has 2 atom stereocenters. The summed E-state index contributed by atoms with van der Waals surface area (Å²) in [4.78, 5) is 0. The summed E-state index contributed by atoms with van der Waals surface area (Å²) in [5.74, 6) is 0. The van der Waals surface area contributed by atoms with Crippen molar-refractivity contribution in [3.05, 3.63) is 0 Å². The van der Waals surface area contributed by atoms with E-state index in [1.165, 1.54) is 44.9 Å². The summed E-state index contributed by atoms with van der Waals surface area (Å²) in [5.41, 5.74) is 0. The quantitative estimate of drug-likeness (QED) is 0.194. The molecule has 0 saturated heterocycles. The fourth-order valence-corrected chi connectivity index (χ4v) is 4.36. The summed E-state index contributed by atoms with van der Waals surface area (Å²) in [5, 5.41) is 9.29. The third kappa shape index (κ3) is 20.6. The van der Waals surface area contributed by atoms with E-state index >= 15 is 0 Å². The first-order chi connectivity index (χ1) is 12.4. The summed E-state index contributed by atoms with van der Waals surface area (Å²) < 4.78 is 33.0. The molecule has 0 aliphatic rings. The van der Waals surface area contributed by atoms with Crippen LogP contribution in [0.25, 0.3) is 0 Å². The molecule has 0 aromatic carbocycles. The fourth-order valence-electron chi connectivity index (χ4n) is 3.49. The van der Waals surface area contributed by atoms with Crippen molar-refractivity contribution in [2.75, 3.05) is 0 Å². The molecule has 0 aromatic heterocycles. The Hall–Kier alpha value is 1.51. The van der Waals surface area contributed by atoms with E-state index in [9.17, 15) is 18.1 Å². The molecule has 2 unspecified atom stereocenters. The third-order valence-corrected chi connectivity index (χ3v) is 6.70. The number of rotatable bonds is 19. The van der Waals surface area contributed by atoms with Crippen LogP contribution in [0.4, 0.5) is 0 Å². The summed E-state index contributed by atoms with van der Waals surface area (Å²) in [6.45, 7) is 3.99. The molecule has 0 radical (unpaired) electrons. The summed E-state index contributed by atoms with van der Waals surface area (Å²) >= 11 is 0. The van der Waals surface area contributed by atoms with Crippen LogP contribution in [0, 0.1) is 0 Å². The van der Waals surface area contributed by atoms with Crippen LogP contribution in [-0.4, -0.2) is 29.4 Å². The van der Waals surface area contributed by atoms with Crippen LogP contribution in [0.1, 0.15) is 123 Å². The number of unbranched alkanes of at least 4 members (excludes halogenated alkanes) is 11. The van der Waals surface area contributed by atoms with Crippen molar-refractivity contribution in [1.29, 1.82) is 0 Å². The molecule has 158 valence electrons. The normalized spacial score (nSPS) is 13.9. The Kier molecular flexibility index (Phi) is 23.6. The zero-order chi connectivity index (χ0) is 19.7. The van der Waals surface area contributed by atoms with Gasteiger partial charge < -0.3 is 9.66 Å². The summed E-state index contributed by atoms with van der Waals surface area (Å²) in [6.07, 6.45) is 17.9. The molecule has 0 amide bonds. The zero-order valence-corrected chi connectivity index (χ0v) is 22.2. The second-order valence-electron chi connectivity index (χ2n) is 7.79. The van der Waals surface area contributed by atoms with Gasteiger partial charge in [0.05, 0.1) is 16.2 Å². The minimum Gasteiger partial charge on any atom is -0.748 e. The van der Waals surface area contributed by atoms with Gasteiger partial charge in [-0.25, -0.2) is 8.42 Å². The first-order valence-corrected chi connectivity index (χ1v) is 12.5. The largest absolute Gasteiger partial charge is 1.00 e. The van der Waals surface area contributed by atoms with Gasteiger partial charge in [0, 0.05) is 5.25 Å². The third-order valence-electron chi connectivity index (χ3n) is 5.32. The predicted octanol–water partition coefficient (Wildman–Crippen LogP) is 2.94. The first kappa shape index (κ1) is 30.7. The molecule has 0 aromatic rings. The summed E-state index contributed by atoms with van der Waals surface area (Å²) in [7, 11) is -4.11. The van der Waals surface area contributed by atoms with Crippen molar-refractivity contribution in [1.82, 2.24) is 0 Å². The smallest absolute Gasteiger partial charge is 0.748 e. The molecule has 0 fully saturated rings. The second kappa shape index (κ2) is 20.8. The molecule has 1 N–H and O–H groups in total. The van der Waals surface area contributed by atoms with Gasteiger partial charge in [0.1, 0.15) is 0 Å². The van der Waals surface area contributed by atoms with Gasteiger partial charge >= 0.3 is 51.4 Å². The minimum atomic E-state index is -4.11. The molecule has 4 nitrogen and oxygen atoms in total. The van der Waals surface area contributed by atoms with Crippen molar-refractivity contribution in [3.63, 3.8) is 0 Å². The van der Waals surface area contributed by atoms with Gasteiger partial charge in [-0.1, -0.05) is 97.3 Å². The molecule has 0 spiro atoms. The summed E-state index contributed by atoms with van der Waals surface area (Å²) in [6, 6.07) is 0. The number of aliphatic hydroxyl groups is 1. The maximum Gasteiger partial charge on any atom is 1.00 e. The van der Waals surface area contributed by atoms with Gasteiger partial charge in [0.25, 0.3) is 0 Å². The molecular weight excluding hydrogens is 387 g/mol. The van der Waals surface area contributed by atoms with Crippen LogP contribution < -0.4 is 51.4 Å². The molecule has 6 heteroatoms. The maximum atomic E-state index is 11.0. The Labute approximate surface area is 211 Å². The molecule has 0 heterocycles. The Morgan fingerprint density at radius 1 is 0.704 bits per heavy atom. The molecule has 0 aliphatic carbocycles. The van der Waals surface area contributed by atoms with Gasteiger partial charge in [0.2, 0.25) is 0 Å². The van der Waals surface area contributed by atoms with Gasteiger partial charge in [-0.2, -0.15) is 0 Å². The van der Waals surface area contributed by atoms with Gasteiger partial charge in [0.15, 0.2) is 0 Å². The predicted molar refractivity (Wildman–Crippen MR) is 109 cm³/mol. The number of hydrogen-bond donors (Lipinski definition) is 1. The Balaban J connectivity index is 0. The standard InChI is InChI=1S/C21H44O4S.K/c1-3-5-6-7-11-14-17-20(22)18-15-12-9-8-10-13-16-19-21(4-2)26(23,24)25;/h20-22H,3-19H2,1-2H3,(H,23,24,25);/q;+1/p-1. The van der Waals surface area contributed by atoms with E-state index in [0.29, 0.717) is 12.8 Å². The van der Waals surface area contributed by atoms with Crippen molar-refractivity contribution in [3.8, 4) is 0 Å². The molecule has 0 bridgehead atoms. The van der Waals surface area contributed by atoms with E-state index in [4.69, 9.17) is 0 Å². The number of aliphatic hydroxyl groups excluding tert-OH is 1. The molecule has 0 saturated carbocycles. The van der Waals surface area contributed by atoms with Crippen molar-refractivity contribution >= 4 is 10.1 Å². The average Bonchev–Trinajstić information content (AvgIpc) is 2.58. The second-order valence-corrected chi connectivity index (χ2v) is 9.44.